The Morgan fingerprint density at radius 1 is 1.24 bits per heavy atom. The van der Waals surface area contributed by atoms with Crippen molar-refractivity contribution in [3.8, 4) is 0 Å². The molecule has 2 rings (SSSR count). The minimum Gasteiger partial charge on any atom is -0.315 e. The van der Waals surface area contributed by atoms with Crippen LogP contribution in [0.1, 0.15) is 19.3 Å². The molecule has 0 aromatic heterocycles. The summed E-state index contributed by atoms with van der Waals surface area (Å²) in [5.74, 6) is -0.452. The number of rotatable bonds is 2. The Hall–Kier alpha value is -0.980. The Morgan fingerprint density at radius 2 is 1.88 bits per heavy atom. The standard InChI is InChI=1S/C11H15FN2O2S/c12-9-4-6-10(7-5-9)17(15,16)14-8-2-1-3-11(14)13/h4-7,11H,1-3,8,13H2/t11-/m0/s1. The molecule has 0 aliphatic carbocycles. The molecule has 1 fully saturated rings. The summed E-state index contributed by atoms with van der Waals surface area (Å²) in [7, 11) is -3.59. The smallest absolute Gasteiger partial charge is 0.244 e. The molecule has 0 saturated carbocycles. The van der Waals surface area contributed by atoms with Gasteiger partial charge in [0, 0.05) is 6.54 Å². The number of hydrogen-bond donors (Lipinski definition) is 1. The fourth-order valence-corrected chi connectivity index (χ4v) is 3.55. The summed E-state index contributed by atoms with van der Waals surface area (Å²) in [5.41, 5.74) is 5.81. The van der Waals surface area contributed by atoms with E-state index in [4.69, 9.17) is 5.73 Å². The maximum absolute atomic E-state index is 12.8. The van der Waals surface area contributed by atoms with Crippen LogP contribution in [0.15, 0.2) is 29.2 Å². The van der Waals surface area contributed by atoms with E-state index >= 15 is 0 Å². The van der Waals surface area contributed by atoms with Crippen LogP contribution in [0.4, 0.5) is 4.39 Å². The van der Waals surface area contributed by atoms with Crippen molar-refractivity contribution in [2.45, 2.75) is 30.3 Å². The van der Waals surface area contributed by atoms with Gasteiger partial charge in [-0.1, -0.05) is 0 Å². The third-order valence-corrected chi connectivity index (χ3v) is 4.86. The van der Waals surface area contributed by atoms with E-state index in [1.165, 1.54) is 16.4 Å². The molecule has 0 amide bonds. The lowest BCUT2D eigenvalue weighted by atomic mass is 10.1. The number of nitrogens with two attached hydrogens (primary N) is 1. The number of hydrogen-bond acceptors (Lipinski definition) is 3. The summed E-state index contributed by atoms with van der Waals surface area (Å²) >= 11 is 0. The van der Waals surface area contributed by atoms with E-state index in [0.29, 0.717) is 13.0 Å². The highest BCUT2D eigenvalue weighted by atomic mass is 32.2. The summed E-state index contributed by atoms with van der Waals surface area (Å²) in [4.78, 5) is 0.0938. The van der Waals surface area contributed by atoms with Gasteiger partial charge in [-0.3, -0.25) is 0 Å². The van der Waals surface area contributed by atoms with Crippen LogP contribution in [-0.4, -0.2) is 25.4 Å². The first-order valence-electron chi connectivity index (χ1n) is 5.55. The number of piperidine rings is 1. The fraction of sp³-hybridized carbons (Fsp3) is 0.455. The van der Waals surface area contributed by atoms with E-state index in [1.807, 2.05) is 0 Å². The third-order valence-electron chi connectivity index (χ3n) is 2.92. The Bertz CT molecular complexity index is 487. The van der Waals surface area contributed by atoms with Crippen molar-refractivity contribution in [1.29, 1.82) is 0 Å². The highest BCUT2D eigenvalue weighted by molar-refractivity contribution is 7.89. The van der Waals surface area contributed by atoms with Crippen LogP contribution in [0.25, 0.3) is 0 Å². The molecule has 0 radical (unpaired) electrons. The second-order valence-corrected chi connectivity index (χ2v) is 6.02. The Labute approximate surface area is 100 Å². The lowest BCUT2D eigenvalue weighted by Crippen LogP contribution is -2.48. The van der Waals surface area contributed by atoms with Crippen molar-refractivity contribution in [2.75, 3.05) is 6.54 Å². The van der Waals surface area contributed by atoms with E-state index in [1.54, 1.807) is 0 Å². The van der Waals surface area contributed by atoms with Gasteiger partial charge in [-0.2, -0.15) is 4.31 Å². The summed E-state index contributed by atoms with van der Waals surface area (Å²) in [6.45, 7) is 0.431. The van der Waals surface area contributed by atoms with Crippen LogP contribution >= 0.6 is 0 Å². The van der Waals surface area contributed by atoms with Crippen LogP contribution in [0, 0.1) is 5.82 Å². The normalized spacial score (nSPS) is 22.6. The molecule has 17 heavy (non-hydrogen) atoms. The summed E-state index contributed by atoms with van der Waals surface area (Å²) < 4.78 is 38.5. The molecule has 2 N–H and O–H groups in total. The van der Waals surface area contributed by atoms with Crippen LogP contribution in [0.5, 0.6) is 0 Å². The maximum Gasteiger partial charge on any atom is 0.244 e. The van der Waals surface area contributed by atoms with E-state index in [0.717, 1.165) is 25.0 Å². The zero-order chi connectivity index (χ0) is 12.5. The highest BCUT2D eigenvalue weighted by Crippen LogP contribution is 2.22. The Morgan fingerprint density at radius 3 is 2.47 bits per heavy atom. The average Bonchev–Trinajstić information content (AvgIpc) is 2.30. The first-order valence-corrected chi connectivity index (χ1v) is 6.99. The third kappa shape index (κ3) is 2.48. The predicted octanol–water partition coefficient (Wildman–Crippen LogP) is 1.29. The van der Waals surface area contributed by atoms with Gasteiger partial charge in [0.15, 0.2) is 0 Å². The second-order valence-electron chi connectivity index (χ2n) is 4.13. The van der Waals surface area contributed by atoms with Gasteiger partial charge in [-0.15, -0.1) is 0 Å². The lowest BCUT2D eigenvalue weighted by molar-refractivity contribution is 0.258. The number of sulfonamides is 1. The Balaban J connectivity index is 2.32. The molecule has 1 aliphatic rings. The van der Waals surface area contributed by atoms with Gasteiger partial charge in [0.2, 0.25) is 10.0 Å². The van der Waals surface area contributed by atoms with Crippen LogP contribution in [-0.2, 0) is 10.0 Å². The molecular formula is C11H15FN2O2S. The monoisotopic (exact) mass is 258 g/mol. The molecule has 6 heteroatoms. The van der Waals surface area contributed by atoms with Gasteiger partial charge in [-0.25, -0.2) is 12.8 Å². The predicted molar refractivity (Wildman–Crippen MR) is 62.1 cm³/mol. The molecule has 0 bridgehead atoms. The van der Waals surface area contributed by atoms with Crippen molar-refractivity contribution in [3.63, 3.8) is 0 Å². The quantitative estimate of drug-likeness (QED) is 0.869. The van der Waals surface area contributed by atoms with E-state index in [-0.39, 0.29) is 4.90 Å². The number of nitrogens with zero attached hydrogens (tertiary/aromatic N) is 1. The molecule has 1 saturated heterocycles. The maximum atomic E-state index is 12.8. The van der Waals surface area contributed by atoms with Crippen LogP contribution < -0.4 is 5.73 Å². The summed E-state index contributed by atoms with van der Waals surface area (Å²) in [5, 5.41) is 0. The molecule has 0 spiro atoms. The van der Waals surface area contributed by atoms with E-state index < -0.39 is 22.0 Å². The van der Waals surface area contributed by atoms with Gasteiger partial charge in [-0.05, 0) is 43.5 Å². The highest BCUT2D eigenvalue weighted by Gasteiger charge is 2.31. The lowest BCUT2D eigenvalue weighted by Gasteiger charge is -2.31. The van der Waals surface area contributed by atoms with Crippen LogP contribution in [0.2, 0.25) is 0 Å². The van der Waals surface area contributed by atoms with Crippen LogP contribution in [0.3, 0.4) is 0 Å². The first-order chi connectivity index (χ1) is 8.01. The zero-order valence-corrected chi connectivity index (χ0v) is 10.2. The molecule has 94 valence electrons. The first kappa shape index (κ1) is 12.5. The fourth-order valence-electron chi connectivity index (χ4n) is 1.97. The molecule has 1 atom stereocenters. The van der Waals surface area contributed by atoms with Crippen molar-refractivity contribution in [1.82, 2.24) is 4.31 Å². The minimum atomic E-state index is -3.59. The van der Waals surface area contributed by atoms with Crippen molar-refractivity contribution in [3.05, 3.63) is 30.1 Å². The molecule has 1 aromatic rings. The van der Waals surface area contributed by atoms with Crippen molar-refractivity contribution in [2.24, 2.45) is 5.73 Å². The van der Waals surface area contributed by atoms with Gasteiger partial charge in [0.1, 0.15) is 5.82 Å². The minimum absolute atomic E-state index is 0.0938. The van der Waals surface area contributed by atoms with E-state index in [2.05, 4.69) is 0 Å². The number of benzene rings is 1. The van der Waals surface area contributed by atoms with Crippen molar-refractivity contribution >= 4 is 10.0 Å². The molecular weight excluding hydrogens is 243 g/mol. The SMILES string of the molecule is N[C@@H]1CCCCN1S(=O)(=O)c1ccc(F)cc1. The summed E-state index contributed by atoms with van der Waals surface area (Å²) in [6, 6.07) is 4.82. The topological polar surface area (TPSA) is 63.4 Å². The van der Waals surface area contributed by atoms with Gasteiger partial charge < -0.3 is 5.73 Å². The van der Waals surface area contributed by atoms with Crippen molar-refractivity contribution < 1.29 is 12.8 Å². The number of halogens is 1. The molecule has 1 heterocycles. The average molecular weight is 258 g/mol. The Kier molecular flexibility index (Phi) is 3.46. The summed E-state index contributed by atoms with van der Waals surface area (Å²) in [6.07, 6.45) is 1.95. The van der Waals surface area contributed by atoms with Gasteiger partial charge in [0.25, 0.3) is 0 Å². The van der Waals surface area contributed by atoms with E-state index in [9.17, 15) is 12.8 Å². The molecule has 1 aromatic carbocycles. The molecule has 4 nitrogen and oxygen atoms in total. The second kappa shape index (κ2) is 4.72. The largest absolute Gasteiger partial charge is 0.315 e. The van der Waals surface area contributed by atoms with Gasteiger partial charge in [0.05, 0.1) is 11.1 Å². The zero-order valence-electron chi connectivity index (χ0n) is 9.34. The van der Waals surface area contributed by atoms with Gasteiger partial charge >= 0.3 is 0 Å². The molecule has 1 aliphatic heterocycles. The molecule has 0 unspecified atom stereocenters.